The first kappa shape index (κ1) is 23.4. The number of fused-ring (bicyclic) bond motifs is 1. The van der Waals surface area contributed by atoms with Gasteiger partial charge in [-0.25, -0.2) is 9.18 Å². The maximum atomic E-state index is 14.2. The quantitative estimate of drug-likeness (QED) is 0.689. The number of anilines is 1. The van der Waals surface area contributed by atoms with Crippen LogP contribution in [0.1, 0.15) is 43.2 Å². The van der Waals surface area contributed by atoms with E-state index in [0.29, 0.717) is 25.2 Å². The van der Waals surface area contributed by atoms with Crippen molar-refractivity contribution in [2.45, 2.75) is 52.4 Å². The molecule has 1 aromatic heterocycles. The number of alkyl carbamates (subject to hydrolysis) is 1. The fraction of sp³-hybridized carbons (Fsp3) is 0.476. The average Bonchev–Trinajstić information content (AvgIpc) is 3.10. The molecule has 3 rings (SSSR count). The van der Waals surface area contributed by atoms with E-state index in [1.165, 1.54) is 6.20 Å². The number of carbonyl (C=O) groups excluding carboxylic acids is 2. The Morgan fingerprint density at radius 2 is 2.06 bits per heavy atom. The Labute approximate surface area is 183 Å². The number of rotatable bonds is 6. The monoisotopic (exact) mass is 454 g/mol. The van der Waals surface area contributed by atoms with Crippen LogP contribution < -0.4 is 15.4 Å². The molecule has 1 aliphatic heterocycles. The van der Waals surface area contributed by atoms with Crippen molar-refractivity contribution in [2.75, 3.05) is 11.9 Å². The lowest BCUT2D eigenvalue weighted by atomic mass is 9.94. The minimum atomic E-state index is -3.08. The summed E-state index contributed by atoms with van der Waals surface area (Å²) in [4.78, 5) is 24.6. The third-order valence-corrected chi connectivity index (χ3v) is 4.77. The number of ether oxygens (including phenoxy) is 2. The van der Waals surface area contributed by atoms with Crippen LogP contribution >= 0.6 is 0 Å². The van der Waals surface area contributed by atoms with E-state index >= 15 is 0 Å². The molecule has 2 amide bonds. The lowest BCUT2D eigenvalue weighted by Gasteiger charge is -2.25. The second kappa shape index (κ2) is 9.49. The second-order valence-electron chi connectivity index (χ2n) is 8.44. The molecule has 0 saturated heterocycles. The number of nitrogens with zero attached hydrogens (tertiary/aromatic N) is 2. The number of nitrogens with one attached hydrogen (secondary N) is 2. The summed E-state index contributed by atoms with van der Waals surface area (Å²) in [7, 11) is 0. The van der Waals surface area contributed by atoms with Gasteiger partial charge in [-0.3, -0.25) is 9.48 Å². The number of halogens is 3. The molecule has 0 saturated carbocycles. The van der Waals surface area contributed by atoms with E-state index in [9.17, 15) is 22.8 Å². The zero-order valence-electron chi connectivity index (χ0n) is 18.0. The number of aryl methyl sites for hydroxylation is 1. The summed E-state index contributed by atoms with van der Waals surface area (Å²) in [5.41, 5.74) is 0.178. The summed E-state index contributed by atoms with van der Waals surface area (Å²) in [6.07, 6.45) is 2.14. The maximum Gasteiger partial charge on any atom is 0.407 e. The molecule has 2 heterocycles. The number of hydrogen-bond donors (Lipinski definition) is 2. The highest BCUT2D eigenvalue weighted by Gasteiger charge is 2.26. The van der Waals surface area contributed by atoms with Crippen molar-refractivity contribution in [3.63, 3.8) is 0 Å². The van der Waals surface area contributed by atoms with Crippen LogP contribution in [0.3, 0.4) is 0 Å². The van der Waals surface area contributed by atoms with E-state index in [4.69, 9.17) is 4.74 Å². The summed E-state index contributed by atoms with van der Waals surface area (Å²) >= 11 is 0. The van der Waals surface area contributed by atoms with E-state index in [1.54, 1.807) is 25.5 Å². The molecule has 2 N–H and O–H groups in total. The van der Waals surface area contributed by atoms with E-state index in [-0.39, 0.29) is 22.9 Å². The molecule has 32 heavy (non-hydrogen) atoms. The molecule has 1 unspecified atom stereocenters. The van der Waals surface area contributed by atoms with Crippen LogP contribution in [0.2, 0.25) is 0 Å². The number of alkyl halides is 2. The number of aromatic nitrogens is 2. The van der Waals surface area contributed by atoms with Gasteiger partial charge in [-0.1, -0.05) is 0 Å². The first-order valence-corrected chi connectivity index (χ1v) is 10.1. The molecule has 174 valence electrons. The highest BCUT2D eigenvalue weighted by molar-refractivity contribution is 6.05. The van der Waals surface area contributed by atoms with Gasteiger partial charge in [-0.05, 0) is 51.7 Å². The highest BCUT2D eigenvalue weighted by atomic mass is 19.3. The molecule has 2 aromatic rings. The van der Waals surface area contributed by atoms with Gasteiger partial charge < -0.3 is 20.1 Å². The number of benzene rings is 1. The zero-order chi connectivity index (χ0) is 23.5. The number of carbonyl (C=O) groups is 2. The molecule has 0 radical (unpaired) electrons. The Bertz CT molecular complexity index is 988. The molecular weight excluding hydrogens is 429 g/mol. The average molecular weight is 454 g/mol. The van der Waals surface area contributed by atoms with Crippen LogP contribution in [-0.4, -0.2) is 40.5 Å². The van der Waals surface area contributed by atoms with Gasteiger partial charge in [0.1, 0.15) is 17.2 Å². The molecule has 0 aliphatic carbocycles. The molecule has 0 bridgehead atoms. The van der Waals surface area contributed by atoms with Crippen molar-refractivity contribution in [3.05, 3.63) is 41.5 Å². The van der Waals surface area contributed by atoms with Gasteiger partial charge in [0.25, 0.3) is 5.91 Å². The lowest BCUT2D eigenvalue weighted by molar-refractivity contribution is -0.0500. The van der Waals surface area contributed by atoms with Gasteiger partial charge in [0.15, 0.2) is 0 Å². The molecule has 0 spiro atoms. The van der Waals surface area contributed by atoms with Crippen molar-refractivity contribution < 1.29 is 32.2 Å². The molecule has 1 aliphatic rings. The van der Waals surface area contributed by atoms with Gasteiger partial charge in [0.05, 0.1) is 23.1 Å². The Morgan fingerprint density at radius 3 is 2.72 bits per heavy atom. The van der Waals surface area contributed by atoms with Gasteiger partial charge in [-0.2, -0.15) is 13.9 Å². The van der Waals surface area contributed by atoms with Crippen LogP contribution in [0.15, 0.2) is 24.4 Å². The topological polar surface area (TPSA) is 94.5 Å². The van der Waals surface area contributed by atoms with Crippen molar-refractivity contribution >= 4 is 17.7 Å². The first-order valence-electron chi connectivity index (χ1n) is 10.1. The van der Waals surface area contributed by atoms with E-state index in [2.05, 4.69) is 20.5 Å². The normalized spacial score (nSPS) is 15.8. The van der Waals surface area contributed by atoms with E-state index in [1.807, 2.05) is 0 Å². The van der Waals surface area contributed by atoms with Crippen LogP contribution in [0.25, 0.3) is 0 Å². The molecule has 1 atom stereocenters. The highest BCUT2D eigenvalue weighted by Crippen LogP contribution is 2.26. The van der Waals surface area contributed by atoms with Crippen molar-refractivity contribution in [3.8, 4) is 5.75 Å². The standard InChI is InChI=1S/C21H25F3N4O4/c1-21(2,3)32-20(30)25-10-12-6-7-28-17(8-12)14(11-26-28)18(29)27-16-5-4-13(9-15(16)22)31-19(23)24/h4-5,9,11-12,19H,6-8,10H2,1-3H3,(H,25,30)(H,27,29). The number of amides is 2. The largest absolute Gasteiger partial charge is 0.444 e. The SMILES string of the molecule is CC(C)(C)OC(=O)NCC1CCn2ncc(C(=O)Nc3ccc(OC(F)F)cc3F)c2C1. The minimum absolute atomic E-state index is 0.0702. The fourth-order valence-corrected chi connectivity index (χ4v) is 3.37. The number of hydrogen-bond acceptors (Lipinski definition) is 5. The Hall–Kier alpha value is -3.24. The Morgan fingerprint density at radius 1 is 1.31 bits per heavy atom. The van der Waals surface area contributed by atoms with Crippen LogP contribution in [0, 0.1) is 11.7 Å². The van der Waals surface area contributed by atoms with Gasteiger partial charge in [0.2, 0.25) is 0 Å². The zero-order valence-corrected chi connectivity index (χ0v) is 18.0. The summed E-state index contributed by atoms with van der Waals surface area (Å²) in [6.45, 7) is 3.20. The van der Waals surface area contributed by atoms with E-state index in [0.717, 1.165) is 24.6 Å². The Balaban J connectivity index is 1.63. The van der Waals surface area contributed by atoms with Crippen molar-refractivity contribution in [1.82, 2.24) is 15.1 Å². The summed E-state index contributed by atoms with van der Waals surface area (Å²) in [6, 6.07) is 3.05. The molecule has 1 aromatic carbocycles. The van der Waals surface area contributed by atoms with Crippen molar-refractivity contribution in [2.24, 2.45) is 5.92 Å². The third kappa shape index (κ3) is 6.14. The molecular formula is C21H25F3N4O4. The predicted molar refractivity (Wildman–Crippen MR) is 109 cm³/mol. The summed E-state index contributed by atoms with van der Waals surface area (Å²) < 4.78 is 49.8. The second-order valence-corrected chi connectivity index (χ2v) is 8.44. The van der Waals surface area contributed by atoms with Crippen LogP contribution in [0.5, 0.6) is 5.75 Å². The van der Waals surface area contributed by atoms with Crippen LogP contribution in [0.4, 0.5) is 23.7 Å². The van der Waals surface area contributed by atoms with Crippen molar-refractivity contribution in [1.29, 1.82) is 0 Å². The molecule has 0 fully saturated rings. The summed E-state index contributed by atoms with van der Waals surface area (Å²) in [5, 5.41) is 9.39. The Kier molecular flexibility index (Phi) is 6.95. The van der Waals surface area contributed by atoms with Crippen LogP contribution in [-0.2, 0) is 17.7 Å². The fourth-order valence-electron chi connectivity index (χ4n) is 3.37. The molecule has 8 nitrogen and oxygen atoms in total. The maximum absolute atomic E-state index is 14.2. The smallest absolute Gasteiger partial charge is 0.407 e. The predicted octanol–water partition coefficient (Wildman–Crippen LogP) is 3.96. The molecule has 11 heteroatoms. The minimum Gasteiger partial charge on any atom is -0.444 e. The van der Waals surface area contributed by atoms with Gasteiger partial charge in [0, 0.05) is 19.2 Å². The van der Waals surface area contributed by atoms with Gasteiger partial charge >= 0.3 is 12.7 Å². The van der Waals surface area contributed by atoms with E-state index < -0.39 is 30.0 Å². The van der Waals surface area contributed by atoms with Gasteiger partial charge in [-0.15, -0.1) is 0 Å². The third-order valence-electron chi connectivity index (χ3n) is 4.77. The summed E-state index contributed by atoms with van der Waals surface area (Å²) in [5.74, 6) is -1.76. The first-order chi connectivity index (χ1) is 15.0. The lowest BCUT2D eigenvalue weighted by Crippen LogP contribution is -2.37.